The van der Waals surface area contributed by atoms with Crippen LogP contribution in [0.25, 0.3) is 0 Å². The highest BCUT2D eigenvalue weighted by Crippen LogP contribution is 2.21. The summed E-state index contributed by atoms with van der Waals surface area (Å²) in [6, 6.07) is 3.53. The highest BCUT2D eigenvalue weighted by molar-refractivity contribution is 7.07. The molecule has 0 aliphatic rings. The molecule has 108 valence electrons. The Balaban J connectivity index is 2.01. The van der Waals surface area contributed by atoms with Crippen LogP contribution in [0.15, 0.2) is 22.3 Å². The zero-order chi connectivity index (χ0) is 14.5. The van der Waals surface area contributed by atoms with E-state index in [1.165, 1.54) is 0 Å². The average Bonchev–Trinajstić information content (AvgIpc) is 2.82. The second-order valence-corrected chi connectivity index (χ2v) is 5.66. The molecule has 0 bridgehead atoms. The number of nitrogens with two attached hydrogens (primary N) is 1. The number of rotatable bonds is 6. The minimum atomic E-state index is -0.0620. The van der Waals surface area contributed by atoms with Gasteiger partial charge in [-0.2, -0.15) is 4.98 Å². The van der Waals surface area contributed by atoms with Crippen molar-refractivity contribution in [3.63, 3.8) is 0 Å². The largest absolute Gasteiger partial charge is 0.476 e. The van der Waals surface area contributed by atoms with Gasteiger partial charge < -0.3 is 20.8 Å². The van der Waals surface area contributed by atoms with Gasteiger partial charge in [-0.05, 0) is 18.1 Å². The molecule has 20 heavy (non-hydrogen) atoms. The first-order valence-corrected chi connectivity index (χ1v) is 7.22. The third-order valence-electron chi connectivity index (χ3n) is 2.47. The SMILES string of the molecule is CC(C)COc1nc(NCc2csc(=O)[nH]2)ccc1N. The number of thiazole rings is 1. The number of aromatic amines is 1. The van der Waals surface area contributed by atoms with Gasteiger partial charge in [-0.15, -0.1) is 0 Å². The number of hydrogen-bond donors (Lipinski definition) is 3. The first kappa shape index (κ1) is 14.4. The molecule has 2 aromatic heterocycles. The summed E-state index contributed by atoms with van der Waals surface area (Å²) in [5.41, 5.74) is 7.16. The molecule has 0 aliphatic heterocycles. The van der Waals surface area contributed by atoms with Gasteiger partial charge in [0, 0.05) is 11.1 Å². The van der Waals surface area contributed by atoms with Gasteiger partial charge in [0.1, 0.15) is 5.82 Å². The van der Waals surface area contributed by atoms with E-state index in [-0.39, 0.29) is 4.87 Å². The molecule has 0 saturated heterocycles. The Bertz CT molecular complexity index is 621. The van der Waals surface area contributed by atoms with Crippen molar-refractivity contribution in [2.45, 2.75) is 20.4 Å². The normalized spacial score (nSPS) is 10.8. The van der Waals surface area contributed by atoms with E-state index in [1.807, 2.05) is 0 Å². The van der Waals surface area contributed by atoms with Crippen LogP contribution in [0.3, 0.4) is 0 Å². The van der Waals surface area contributed by atoms with Crippen LogP contribution in [0.4, 0.5) is 11.5 Å². The van der Waals surface area contributed by atoms with Crippen LogP contribution in [0.1, 0.15) is 19.5 Å². The smallest absolute Gasteiger partial charge is 0.304 e. The molecule has 0 unspecified atom stereocenters. The van der Waals surface area contributed by atoms with Gasteiger partial charge in [-0.1, -0.05) is 25.2 Å². The Kier molecular flexibility index (Phi) is 4.62. The summed E-state index contributed by atoms with van der Waals surface area (Å²) in [6.07, 6.45) is 0. The Hall–Kier alpha value is -2.02. The van der Waals surface area contributed by atoms with Gasteiger partial charge in [0.05, 0.1) is 18.8 Å². The molecule has 2 rings (SSSR count). The van der Waals surface area contributed by atoms with Gasteiger partial charge in [-0.3, -0.25) is 4.79 Å². The van der Waals surface area contributed by atoms with Crippen LogP contribution in [-0.4, -0.2) is 16.6 Å². The predicted molar refractivity (Wildman–Crippen MR) is 81.2 cm³/mol. The van der Waals surface area contributed by atoms with Gasteiger partial charge in [0.25, 0.3) is 0 Å². The molecule has 0 aromatic carbocycles. The molecule has 0 spiro atoms. The summed E-state index contributed by atoms with van der Waals surface area (Å²) in [4.78, 5) is 18.0. The standard InChI is InChI=1S/C13H18N4O2S/c1-8(2)6-19-12-10(14)3-4-11(17-12)15-5-9-7-20-13(18)16-9/h3-4,7-8H,5-6,14H2,1-2H3,(H,15,17)(H,16,18). The number of hydrogen-bond acceptors (Lipinski definition) is 6. The Labute approximate surface area is 121 Å². The molecule has 4 N–H and O–H groups in total. The van der Waals surface area contributed by atoms with Crippen molar-refractivity contribution in [2.24, 2.45) is 5.92 Å². The maximum Gasteiger partial charge on any atom is 0.304 e. The second kappa shape index (κ2) is 6.42. The van der Waals surface area contributed by atoms with Crippen LogP contribution < -0.4 is 20.7 Å². The van der Waals surface area contributed by atoms with Gasteiger partial charge in [-0.25, -0.2) is 0 Å². The second-order valence-electron chi connectivity index (χ2n) is 4.82. The molecular formula is C13H18N4O2S. The van der Waals surface area contributed by atoms with E-state index >= 15 is 0 Å². The Morgan fingerprint density at radius 3 is 2.95 bits per heavy atom. The lowest BCUT2D eigenvalue weighted by Gasteiger charge is -2.11. The summed E-state index contributed by atoms with van der Waals surface area (Å²) in [7, 11) is 0. The molecule has 0 fully saturated rings. The van der Waals surface area contributed by atoms with Crippen molar-refractivity contribution in [1.29, 1.82) is 0 Å². The highest BCUT2D eigenvalue weighted by atomic mass is 32.1. The quantitative estimate of drug-likeness (QED) is 0.758. The molecule has 2 heterocycles. The molecular weight excluding hydrogens is 276 g/mol. The van der Waals surface area contributed by atoms with Gasteiger partial charge in [0.2, 0.25) is 5.88 Å². The number of ether oxygens (including phenoxy) is 1. The van der Waals surface area contributed by atoms with Crippen LogP contribution >= 0.6 is 11.3 Å². The van der Waals surface area contributed by atoms with Crippen LogP contribution in [0.2, 0.25) is 0 Å². The van der Waals surface area contributed by atoms with Crippen molar-refractivity contribution >= 4 is 22.8 Å². The molecule has 0 aliphatic carbocycles. The monoisotopic (exact) mass is 294 g/mol. The Morgan fingerprint density at radius 1 is 1.50 bits per heavy atom. The van der Waals surface area contributed by atoms with E-state index in [2.05, 4.69) is 29.1 Å². The summed E-state index contributed by atoms with van der Waals surface area (Å²) >= 11 is 1.14. The van der Waals surface area contributed by atoms with Crippen LogP contribution in [-0.2, 0) is 6.54 Å². The molecule has 6 nitrogen and oxygen atoms in total. The molecule has 7 heteroatoms. The van der Waals surface area contributed by atoms with Crippen molar-refractivity contribution in [3.05, 3.63) is 32.9 Å². The lowest BCUT2D eigenvalue weighted by Crippen LogP contribution is -2.09. The highest BCUT2D eigenvalue weighted by Gasteiger charge is 2.06. The number of nitrogen functional groups attached to an aromatic ring is 1. The number of nitrogens with zero attached hydrogens (tertiary/aromatic N) is 1. The third kappa shape index (κ3) is 3.99. The number of pyridine rings is 1. The Morgan fingerprint density at radius 2 is 2.30 bits per heavy atom. The van der Waals surface area contributed by atoms with E-state index in [0.29, 0.717) is 36.5 Å². The van der Waals surface area contributed by atoms with Gasteiger partial charge >= 0.3 is 4.87 Å². The zero-order valence-corrected chi connectivity index (χ0v) is 12.3. The van der Waals surface area contributed by atoms with Crippen molar-refractivity contribution < 1.29 is 4.74 Å². The summed E-state index contributed by atoms with van der Waals surface area (Å²) in [6.45, 7) is 5.19. The lowest BCUT2D eigenvalue weighted by molar-refractivity contribution is 0.263. The topological polar surface area (TPSA) is 93.0 Å². The summed E-state index contributed by atoms with van der Waals surface area (Å²) < 4.78 is 5.56. The van der Waals surface area contributed by atoms with E-state index in [4.69, 9.17) is 10.5 Å². The lowest BCUT2D eigenvalue weighted by atomic mass is 10.2. The number of H-pyrrole nitrogens is 1. The van der Waals surface area contributed by atoms with Crippen molar-refractivity contribution in [2.75, 3.05) is 17.7 Å². The van der Waals surface area contributed by atoms with Crippen LogP contribution in [0, 0.1) is 5.92 Å². The fourth-order valence-corrected chi connectivity index (χ4v) is 2.08. The minimum absolute atomic E-state index is 0.0620. The van der Waals surface area contributed by atoms with Crippen molar-refractivity contribution in [3.8, 4) is 5.88 Å². The molecule has 0 amide bonds. The molecule has 0 radical (unpaired) electrons. The first-order valence-electron chi connectivity index (χ1n) is 6.34. The minimum Gasteiger partial charge on any atom is -0.476 e. The van der Waals surface area contributed by atoms with E-state index in [9.17, 15) is 4.79 Å². The fourth-order valence-electron chi connectivity index (χ4n) is 1.50. The zero-order valence-electron chi connectivity index (χ0n) is 11.5. The molecule has 0 saturated carbocycles. The fraction of sp³-hybridized carbons (Fsp3) is 0.385. The van der Waals surface area contributed by atoms with Gasteiger partial charge in [0.15, 0.2) is 0 Å². The van der Waals surface area contributed by atoms with E-state index in [1.54, 1.807) is 17.5 Å². The maximum atomic E-state index is 11.0. The number of nitrogens with one attached hydrogen (secondary N) is 2. The number of aromatic nitrogens is 2. The van der Waals surface area contributed by atoms with Crippen LogP contribution in [0.5, 0.6) is 5.88 Å². The summed E-state index contributed by atoms with van der Waals surface area (Å²) in [5, 5.41) is 4.90. The molecule has 0 atom stereocenters. The third-order valence-corrected chi connectivity index (χ3v) is 3.19. The van der Waals surface area contributed by atoms with Crippen molar-refractivity contribution in [1.82, 2.24) is 9.97 Å². The van der Waals surface area contributed by atoms with E-state index < -0.39 is 0 Å². The molecule has 2 aromatic rings. The average molecular weight is 294 g/mol. The van der Waals surface area contributed by atoms with E-state index in [0.717, 1.165) is 17.0 Å². The maximum absolute atomic E-state index is 11.0. The summed E-state index contributed by atoms with van der Waals surface area (Å²) in [5.74, 6) is 1.50. The first-order chi connectivity index (χ1) is 9.54. The predicted octanol–water partition coefficient (Wildman–Crippen LogP) is 2.06. The number of anilines is 2.